The third kappa shape index (κ3) is 9.54. The van der Waals surface area contributed by atoms with E-state index in [1.807, 2.05) is 0 Å². The van der Waals surface area contributed by atoms with Gasteiger partial charge in [-0.3, -0.25) is 4.99 Å². The molecule has 0 saturated carbocycles. The number of aliphatic imine (C=N–C) groups is 1. The summed E-state index contributed by atoms with van der Waals surface area (Å²) in [6.07, 6.45) is 5.43. The molecular formula is C21H43N5O2. The molecule has 0 unspecified atom stereocenters. The topological polar surface area (TPSA) is 72.4 Å². The summed E-state index contributed by atoms with van der Waals surface area (Å²) in [6, 6.07) is 0.503. The van der Waals surface area contributed by atoms with Gasteiger partial charge in [0.2, 0.25) is 0 Å². The summed E-state index contributed by atoms with van der Waals surface area (Å²) in [7, 11) is 0. The van der Waals surface area contributed by atoms with Gasteiger partial charge in [0.25, 0.3) is 0 Å². The molecule has 0 spiro atoms. The Morgan fingerprint density at radius 3 is 2.36 bits per heavy atom. The molecule has 2 aliphatic heterocycles. The molecule has 0 amide bonds. The van der Waals surface area contributed by atoms with Crippen molar-refractivity contribution in [2.45, 2.75) is 71.1 Å². The molecule has 7 nitrogen and oxygen atoms in total. The van der Waals surface area contributed by atoms with Crippen molar-refractivity contribution in [3.05, 3.63) is 0 Å². The molecule has 0 bridgehead atoms. The van der Waals surface area contributed by atoms with E-state index in [0.717, 1.165) is 97.0 Å². The van der Waals surface area contributed by atoms with E-state index in [9.17, 15) is 5.11 Å². The Bertz CT molecular complexity index is 431. The van der Waals surface area contributed by atoms with Gasteiger partial charge >= 0.3 is 0 Å². The van der Waals surface area contributed by atoms with Crippen molar-refractivity contribution in [2.75, 3.05) is 59.0 Å². The molecule has 2 heterocycles. The summed E-state index contributed by atoms with van der Waals surface area (Å²) in [6.45, 7) is 15.3. The van der Waals surface area contributed by atoms with E-state index >= 15 is 0 Å². The maximum atomic E-state index is 9.59. The molecule has 0 atom stereocenters. The van der Waals surface area contributed by atoms with Gasteiger partial charge in [-0.15, -0.1) is 0 Å². The summed E-state index contributed by atoms with van der Waals surface area (Å²) >= 11 is 0. The van der Waals surface area contributed by atoms with Crippen LogP contribution >= 0.6 is 0 Å². The quantitative estimate of drug-likeness (QED) is 0.293. The lowest BCUT2D eigenvalue weighted by Gasteiger charge is -2.33. The fraction of sp³-hybridized carbons (Fsp3) is 0.952. The molecule has 2 rings (SSSR count). The van der Waals surface area contributed by atoms with Crippen LogP contribution in [0.15, 0.2) is 4.99 Å². The normalized spacial score (nSPS) is 21.4. The summed E-state index contributed by atoms with van der Waals surface area (Å²) in [5, 5.41) is 16.6. The van der Waals surface area contributed by atoms with Crippen molar-refractivity contribution >= 4 is 5.96 Å². The van der Waals surface area contributed by atoms with Crippen LogP contribution < -0.4 is 10.6 Å². The van der Waals surface area contributed by atoms with Crippen LogP contribution in [0.1, 0.15) is 52.9 Å². The first-order chi connectivity index (χ1) is 13.6. The number of hydrogen-bond donors (Lipinski definition) is 3. The van der Waals surface area contributed by atoms with Crippen molar-refractivity contribution < 1.29 is 9.84 Å². The lowest BCUT2D eigenvalue weighted by Crippen LogP contribution is -2.49. The highest BCUT2D eigenvalue weighted by atomic mass is 16.5. The van der Waals surface area contributed by atoms with Crippen molar-refractivity contribution in [3.63, 3.8) is 0 Å². The fourth-order valence-corrected chi connectivity index (χ4v) is 3.86. The number of nitrogens with one attached hydrogen (secondary N) is 2. The zero-order valence-electron chi connectivity index (χ0n) is 18.3. The Balaban J connectivity index is 1.63. The Hall–Kier alpha value is -0.890. The lowest BCUT2D eigenvalue weighted by atomic mass is 10.1. The second kappa shape index (κ2) is 13.4. The van der Waals surface area contributed by atoms with Gasteiger partial charge in [0.05, 0.1) is 18.8 Å². The minimum absolute atomic E-state index is 0.0898. The van der Waals surface area contributed by atoms with Crippen molar-refractivity contribution in [1.29, 1.82) is 0 Å². The van der Waals surface area contributed by atoms with Crippen molar-refractivity contribution in [3.8, 4) is 0 Å². The number of aliphatic hydroxyl groups is 1. The maximum absolute atomic E-state index is 9.59. The SMILES string of the molecule is CCNC(=NCCCN1CCC(O)CC1)NC1CCN(CCOC(C)C)CC1. The monoisotopic (exact) mass is 397 g/mol. The van der Waals surface area contributed by atoms with Crippen LogP contribution in [0.3, 0.4) is 0 Å². The van der Waals surface area contributed by atoms with Gasteiger partial charge in [0.1, 0.15) is 0 Å². The Kier molecular flexibility index (Phi) is 11.2. The van der Waals surface area contributed by atoms with Gasteiger partial charge in [-0.05, 0) is 59.4 Å². The maximum Gasteiger partial charge on any atom is 0.191 e. The minimum atomic E-state index is -0.0898. The number of piperidine rings is 2. The highest BCUT2D eigenvalue weighted by Crippen LogP contribution is 2.11. The first-order valence-corrected chi connectivity index (χ1v) is 11.4. The van der Waals surface area contributed by atoms with E-state index in [2.05, 4.69) is 41.2 Å². The van der Waals surface area contributed by atoms with Crippen molar-refractivity contribution in [1.82, 2.24) is 20.4 Å². The van der Waals surface area contributed by atoms with E-state index in [1.54, 1.807) is 0 Å². The average Bonchev–Trinajstić information content (AvgIpc) is 2.68. The molecule has 0 aromatic rings. The molecule has 0 aromatic carbocycles. The van der Waals surface area contributed by atoms with Gasteiger partial charge in [-0.25, -0.2) is 0 Å². The number of rotatable bonds is 10. The molecule has 2 aliphatic rings. The molecule has 0 radical (unpaired) electrons. The summed E-state index contributed by atoms with van der Waals surface area (Å²) in [5.41, 5.74) is 0. The smallest absolute Gasteiger partial charge is 0.191 e. The summed E-state index contributed by atoms with van der Waals surface area (Å²) in [4.78, 5) is 9.73. The van der Waals surface area contributed by atoms with Crippen LogP contribution in [0.25, 0.3) is 0 Å². The third-order valence-corrected chi connectivity index (χ3v) is 5.59. The van der Waals surface area contributed by atoms with Gasteiger partial charge in [0.15, 0.2) is 5.96 Å². The number of guanidine groups is 1. The second-order valence-corrected chi connectivity index (χ2v) is 8.37. The molecular weight excluding hydrogens is 354 g/mol. The molecule has 3 N–H and O–H groups in total. The zero-order chi connectivity index (χ0) is 20.2. The molecule has 7 heteroatoms. The van der Waals surface area contributed by atoms with Crippen LogP contribution in [0.2, 0.25) is 0 Å². The highest BCUT2D eigenvalue weighted by molar-refractivity contribution is 5.80. The molecule has 0 aliphatic carbocycles. The summed E-state index contributed by atoms with van der Waals surface area (Å²) in [5.74, 6) is 0.957. The van der Waals surface area contributed by atoms with E-state index < -0.39 is 0 Å². The van der Waals surface area contributed by atoms with Crippen LogP contribution in [0.4, 0.5) is 0 Å². The fourth-order valence-electron chi connectivity index (χ4n) is 3.86. The van der Waals surface area contributed by atoms with E-state index in [4.69, 9.17) is 9.73 Å². The van der Waals surface area contributed by atoms with Crippen LogP contribution in [0.5, 0.6) is 0 Å². The Morgan fingerprint density at radius 2 is 1.71 bits per heavy atom. The predicted molar refractivity (Wildman–Crippen MR) is 116 cm³/mol. The second-order valence-electron chi connectivity index (χ2n) is 8.37. The standard InChI is InChI=1S/C21H43N5O2/c1-4-22-21(23-10-5-11-25-14-8-20(27)9-15-25)24-19-6-12-26(13-7-19)16-17-28-18(2)3/h18-20,27H,4-17H2,1-3H3,(H2,22,23,24). The van der Waals surface area contributed by atoms with E-state index in [-0.39, 0.29) is 6.10 Å². The molecule has 164 valence electrons. The van der Waals surface area contributed by atoms with Crippen LogP contribution in [0, 0.1) is 0 Å². The third-order valence-electron chi connectivity index (χ3n) is 5.59. The molecule has 0 aromatic heterocycles. The molecule has 2 saturated heterocycles. The first-order valence-electron chi connectivity index (χ1n) is 11.4. The molecule has 28 heavy (non-hydrogen) atoms. The van der Waals surface area contributed by atoms with Crippen LogP contribution in [-0.2, 0) is 4.74 Å². The lowest BCUT2D eigenvalue weighted by molar-refractivity contribution is 0.0532. The van der Waals surface area contributed by atoms with E-state index in [1.165, 1.54) is 0 Å². The predicted octanol–water partition coefficient (Wildman–Crippen LogP) is 1.28. The van der Waals surface area contributed by atoms with Gasteiger partial charge in [-0.2, -0.15) is 0 Å². The van der Waals surface area contributed by atoms with Gasteiger partial charge in [-0.1, -0.05) is 0 Å². The zero-order valence-corrected chi connectivity index (χ0v) is 18.3. The van der Waals surface area contributed by atoms with E-state index in [0.29, 0.717) is 12.1 Å². The number of nitrogens with zero attached hydrogens (tertiary/aromatic N) is 3. The largest absolute Gasteiger partial charge is 0.393 e. The average molecular weight is 398 g/mol. The number of aliphatic hydroxyl groups excluding tert-OH is 1. The first kappa shape index (κ1) is 23.4. The Labute approximate surface area is 171 Å². The minimum Gasteiger partial charge on any atom is -0.393 e. The van der Waals surface area contributed by atoms with Gasteiger partial charge in [0, 0.05) is 51.9 Å². The number of likely N-dealkylation sites (tertiary alicyclic amines) is 2. The van der Waals surface area contributed by atoms with Crippen LogP contribution in [-0.4, -0.2) is 98.1 Å². The molecule has 2 fully saturated rings. The van der Waals surface area contributed by atoms with Crippen molar-refractivity contribution in [2.24, 2.45) is 4.99 Å². The summed E-state index contributed by atoms with van der Waals surface area (Å²) < 4.78 is 5.67. The number of hydrogen-bond acceptors (Lipinski definition) is 5. The highest BCUT2D eigenvalue weighted by Gasteiger charge is 2.20. The number of ether oxygens (including phenoxy) is 1. The Morgan fingerprint density at radius 1 is 1.07 bits per heavy atom. The van der Waals surface area contributed by atoms with Gasteiger partial charge < -0.3 is 30.3 Å².